The maximum Gasteiger partial charge on any atom is 0.293 e. The molecule has 0 spiro atoms. The number of benzene rings is 2. The number of nitrogens with one attached hydrogen (secondary N) is 1. The Morgan fingerprint density at radius 2 is 1.90 bits per heavy atom. The zero-order valence-corrected chi connectivity index (χ0v) is 16.0. The number of primary amides is 1. The number of nitrogens with two attached hydrogens (primary N) is 1. The van der Waals surface area contributed by atoms with Crippen LogP contribution in [0.5, 0.6) is 11.5 Å². The Balaban J connectivity index is 1.62. The summed E-state index contributed by atoms with van der Waals surface area (Å²) in [5.74, 6) is 6.27. The van der Waals surface area contributed by atoms with Gasteiger partial charge >= 0.3 is 0 Å². The highest BCUT2D eigenvalue weighted by Crippen LogP contribution is 2.29. The Labute approximate surface area is 172 Å². The van der Waals surface area contributed by atoms with Crippen LogP contribution in [0.2, 0.25) is 0 Å². The van der Waals surface area contributed by atoms with Gasteiger partial charge in [-0.05, 0) is 54.8 Å². The zero-order valence-electron chi connectivity index (χ0n) is 16.0. The Kier molecular flexibility index (Phi) is 5.17. The summed E-state index contributed by atoms with van der Waals surface area (Å²) in [5.41, 5.74) is 8.24. The summed E-state index contributed by atoms with van der Waals surface area (Å²) in [6.07, 6.45) is 6.14. The Bertz CT molecular complexity index is 1300. The van der Waals surface area contributed by atoms with Crippen LogP contribution in [-0.2, 0) is 4.79 Å². The lowest BCUT2D eigenvalue weighted by molar-refractivity contribution is -0.112. The van der Waals surface area contributed by atoms with E-state index in [1.54, 1.807) is 18.5 Å². The van der Waals surface area contributed by atoms with E-state index in [9.17, 15) is 4.79 Å². The van der Waals surface area contributed by atoms with Crippen molar-refractivity contribution in [1.82, 2.24) is 19.9 Å². The molecule has 2 heterocycles. The van der Waals surface area contributed by atoms with Gasteiger partial charge in [0, 0.05) is 16.6 Å². The monoisotopic (exact) mass is 396 g/mol. The van der Waals surface area contributed by atoms with Crippen molar-refractivity contribution in [1.29, 1.82) is 0 Å². The van der Waals surface area contributed by atoms with E-state index < -0.39 is 5.91 Å². The average Bonchev–Trinajstić information content (AvgIpc) is 2.75. The van der Waals surface area contributed by atoms with Crippen LogP contribution in [0.3, 0.4) is 0 Å². The molecule has 2 aromatic carbocycles. The number of carbonyl (C=O) groups excluding carboxylic acids is 1. The molecule has 0 aliphatic heterocycles. The Morgan fingerprint density at radius 1 is 1.07 bits per heavy atom. The third-order valence-electron chi connectivity index (χ3n) is 4.17. The van der Waals surface area contributed by atoms with E-state index in [1.807, 2.05) is 37.3 Å². The first kappa shape index (κ1) is 18.8. The largest absolute Gasteiger partial charge is 0.454 e. The van der Waals surface area contributed by atoms with Gasteiger partial charge in [-0.15, -0.1) is 0 Å². The standard InChI is InChI=1S/C22H16N6O2/c1-14-8-16(4-6-20(14)30-17-10-24-12-25-11-17)28-22-18-9-15(3-7-21(23)29)2-5-19(18)26-13-27-22/h2,4-6,8-13H,1H3,(H2,23,29)(H,26,27,28). The van der Waals surface area contributed by atoms with Crippen LogP contribution in [0.15, 0.2) is 61.4 Å². The Morgan fingerprint density at radius 3 is 2.67 bits per heavy atom. The molecule has 2 aromatic heterocycles. The predicted octanol–water partition coefficient (Wildman–Crippen LogP) is 3.10. The summed E-state index contributed by atoms with van der Waals surface area (Å²) in [6, 6.07) is 11.1. The topological polar surface area (TPSA) is 116 Å². The molecule has 8 heteroatoms. The number of nitrogens with zero attached hydrogens (tertiary/aromatic N) is 4. The molecule has 146 valence electrons. The summed E-state index contributed by atoms with van der Waals surface area (Å²) < 4.78 is 5.82. The van der Waals surface area contributed by atoms with Crippen molar-refractivity contribution in [2.24, 2.45) is 5.73 Å². The van der Waals surface area contributed by atoms with Crippen LogP contribution < -0.4 is 15.8 Å². The molecule has 4 rings (SSSR count). The smallest absolute Gasteiger partial charge is 0.293 e. The molecule has 0 unspecified atom stereocenters. The average molecular weight is 396 g/mol. The van der Waals surface area contributed by atoms with Crippen LogP contribution in [0, 0.1) is 18.8 Å². The quantitative estimate of drug-likeness (QED) is 0.509. The molecular formula is C22H16N6O2. The van der Waals surface area contributed by atoms with Gasteiger partial charge in [0.1, 0.15) is 24.2 Å². The van der Waals surface area contributed by atoms with Gasteiger partial charge in [0.25, 0.3) is 5.91 Å². The van der Waals surface area contributed by atoms with Gasteiger partial charge in [0.15, 0.2) is 5.75 Å². The van der Waals surface area contributed by atoms with E-state index in [2.05, 4.69) is 37.1 Å². The second-order valence-corrected chi connectivity index (χ2v) is 6.35. The van der Waals surface area contributed by atoms with Crippen molar-refractivity contribution in [2.45, 2.75) is 6.92 Å². The minimum atomic E-state index is -0.683. The fourth-order valence-electron chi connectivity index (χ4n) is 2.81. The highest BCUT2D eigenvalue weighted by Gasteiger charge is 2.08. The number of hydrogen-bond acceptors (Lipinski definition) is 7. The molecular weight excluding hydrogens is 380 g/mol. The van der Waals surface area contributed by atoms with E-state index in [-0.39, 0.29) is 0 Å². The van der Waals surface area contributed by atoms with Crippen molar-refractivity contribution in [3.63, 3.8) is 0 Å². The van der Waals surface area contributed by atoms with E-state index in [4.69, 9.17) is 10.5 Å². The number of aromatic nitrogens is 4. The molecule has 3 N–H and O–H groups in total. The summed E-state index contributed by atoms with van der Waals surface area (Å²) in [7, 11) is 0. The highest BCUT2D eigenvalue weighted by molar-refractivity contribution is 5.94. The van der Waals surface area contributed by atoms with Gasteiger partial charge in [-0.25, -0.2) is 19.9 Å². The van der Waals surface area contributed by atoms with Gasteiger partial charge < -0.3 is 15.8 Å². The molecule has 4 aromatic rings. The van der Waals surface area contributed by atoms with Gasteiger partial charge in [-0.3, -0.25) is 4.79 Å². The summed E-state index contributed by atoms with van der Waals surface area (Å²) in [6.45, 7) is 1.94. The van der Waals surface area contributed by atoms with Crippen molar-refractivity contribution < 1.29 is 9.53 Å². The van der Waals surface area contributed by atoms with Crippen LogP contribution in [0.25, 0.3) is 10.9 Å². The summed E-state index contributed by atoms with van der Waals surface area (Å²) in [4.78, 5) is 27.4. The van der Waals surface area contributed by atoms with Gasteiger partial charge in [0.05, 0.1) is 17.9 Å². The molecule has 30 heavy (non-hydrogen) atoms. The van der Waals surface area contributed by atoms with Crippen LogP contribution in [0.1, 0.15) is 11.1 Å². The van der Waals surface area contributed by atoms with Crippen LogP contribution in [0.4, 0.5) is 11.5 Å². The molecule has 0 saturated heterocycles. The molecule has 1 amide bonds. The number of rotatable bonds is 4. The minimum absolute atomic E-state index is 0.563. The summed E-state index contributed by atoms with van der Waals surface area (Å²) >= 11 is 0. The molecule has 0 aliphatic rings. The fraction of sp³-hybridized carbons (Fsp3) is 0.0455. The first-order valence-corrected chi connectivity index (χ1v) is 8.95. The second kappa shape index (κ2) is 8.24. The molecule has 0 radical (unpaired) electrons. The predicted molar refractivity (Wildman–Crippen MR) is 112 cm³/mol. The number of fused-ring (bicyclic) bond motifs is 1. The molecule has 0 bridgehead atoms. The first-order chi connectivity index (χ1) is 14.6. The number of hydrogen-bond donors (Lipinski definition) is 2. The normalized spacial score (nSPS) is 10.2. The molecule has 8 nitrogen and oxygen atoms in total. The maximum atomic E-state index is 10.9. The van der Waals surface area contributed by atoms with Crippen molar-refractivity contribution >= 4 is 28.3 Å². The molecule has 0 aliphatic carbocycles. The number of anilines is 2. The first-order valence-electron chi connectivity index (χ1n) is 8.95. The van der Waals surface area contributed by atoms with E-state index in [0.29, 0.717) is 22.9 Å². The lowest BCUT2D eigenvalue weighted by Crippen LogP contribution is -2.06. The molecule has 0 atom stereocenters. The van der Waals surface area contributed by atoms with Gasteiger partial charge in [-0.2, -0.15) is 0 Å². The highest BCUT2D eigenvalue weighted by atomic mass is 16.5. The lowest BCUT2D eigenvalue weighted by Gasteiger charge is -2.12. The van der Waals surface area contributed by atoms with Crippen molar-refractivity contribution in [3.8, 4) is 23.3 Å². The summed E-state index contributed by atoms with van der Waals surface area (Å²) in [5, 5.41) is 4.07. The maximum absolute atomic E-state index is 10.9. The number of carbonyl (C=O) groups is 1. The van der Waals surface area contributed by atoms with Crippen LogP contribution in [-0.4, -0.2) is 25.8 Å². The van der Waals surface area contributed by atoms with Crippen LogP contribution >= 0.6 is 0 Å². The third kappa shape index (κ3) is 4.31. The fourth-order valence-corrected chi connectivity index (χ4v) is 2.81. The van der Waals surface area contributed by atoms with E-state index in [0.717, 1.165) is 22.2 Å². The number of aryl methyl sites for hydroxylation is 1. The second-order valence-electron chi connectivity index (χ2n) is 6.35. The molecule has 0 saturated carbocycles. The zero-order chi connectivity index (χ0) is 20.9. The SMILES string of the molecule is Cc1cc(Nc2ncnc3ccc(C#CC(N)=O)cc23)ccc1Oc1cncnc1. The minimum Gasteiger partial charge on any atom is -0.454 e. The van der Waals surface area contributed by atoms with E-state index in [1.165, 1.54) is 12.7 Å². The molecule has 0 fully saturated rings. The van der Waals surface area contributed by atoms with Crippen molar-refractivity contribution in [2.75, 3.05) is 5.32 Å². The lowest BCUT2D eigenvalue weighted by atomic mass is 10.1. The van der Waals surface area contributed by atoms with E-state index >= 15 is 0 Å². The van der Waals surface area contributed by atoms with Gasteiger partial charge in [-0.1, -0.05) is 5.92 Å². The number of ether oxygens (including phenoxy) is 1. The number of amides is 1. The van der Waals surface area contributed by atoms with Crippen molar-refractivity contribution in [3.05, 3.63) is 72.6 Å². The third-order valence-corrected chi connectivity index (χ3v) is 4.17. The Hall–Kier alpha value is -4.51. The van der Waals surface area contributed by atoms with Gasteiger partial charge in [0.2, 0.25) is 0 Å².